The van der Waals surface area contributed by atoms with Gasteiger partial charge in [-0.15, -0.1) is 0 Å². The largest absolute Gasteiger partial charge is 0.464 e. The minimum Gasteiger partial charge on any atom is -0.464 e. The van der Waals surface area contributed by atoms with E-state index in [2.05, 4.69) is 6.07 Å². The van der Waals surface area contributed by atoms with E-state index in [4.69, 9.17) is 16.0 Å². The number of benzene rings is 2. The van der Waals surface area contributed by atoms with Gasteiger partial charge in [-0.25, -0.2) is 8.42 Å². The summed E-state index contributed by atoms with van der Waals surface area (Å²) in [5, 5.41) is 1.58. The molecule has 0 unspecified atom stereocenters. The summed E-state index contributed by atoms with van der Waals surface area (Å²) in [7, 11) is -3.11. The predicted molar refractivity (Wildman–Crippen MR) is 118 cm³/mol. The van der Waals surface area contributed by atoms with Crippen molar-refractivity contribution < 1.29 is 17.6 Å². The molecular weight excluding hydrogens is 422 g/mol. The second kappa shape index (κ2) is 8.08. The molecule has 3 aromatic rings. The van der Waals surface area contributed by atoms with Gasteiger partial charge in [-0.05, 0) is 55.2 Å². The lowest BCUT2D eigenvalue weighted by molar-refractivity contribution is -0.133. The van der Waals surface area contributed by atoms with Gasteiger partial charge in [-0.2, -0.15) is 0 Å². The Bertz CT molecular complexity index is 1200. The zero-order valence-corrected chi connectivity index (χ0v) is 18.6. The second-order valence-electron chi connectivity index (χ2n) is 8.10. The van der Waals surface area contributed by atoms with Gasteiger partial charge in [0.15, 0.2) is 9.84 Å². The van der Waals surface area contributed by atoms with Crippen LogP contribution >= 0.6 is 11.6 Å². The Kier molecular flexibility index (Phi) is 5.64. The standard InChI is InChI=1S/C23H24ClNO4S/c1-15-9-16(2)23-18(13-29-21(23)10-15)11-22(26)25(20-7-8-30(27,28)14-20)12-17-3-5-19(24)6-4-17/h3-6,9-10,13,20H,7-8,11-12,14H2,1-2H3/t20-/m0/s1. The van der Waals surface area contributed by atoms with E-state index < -0.39 is 9.84 Å². The average Bonchev–Trinajstić information content (AvgIpc) is 3.24. The topological polar surface area (TPSA) is 67.6 Å². The lowest BCUT2D eigenvalue weighted by atomic mass is 10.0. The molecule has 0 radical (unpaired) electrons. The summed E-state index contributed by atoms with van der Waals surface area (Å²) < 4.78 is 29.8. The van der Waals surface area contributed by atoms with Crippen LogP contribution in [0, 0.1) is 13.8 Å². The Morgan fingerprint density at radius 3 is 2.60 bits per heavy atom. The van der Waals surface area contributed by atoms with Crippen molar-refractivity contribution in [1.29, 1.82) is 0 Å². The van der Waals surface area contributed by atoms with E-state index in [9.17, 15) is 13.2 Å². The number of carbonyl (C=O) groups excluding carboxylic acids is 1. The van der Waals surface area contributed by atoms with E-state index in [1.165, 1.54) is 0 Å². The monoisotopic (exact) mass is 445 g/mol. The molecule has 1 aliphatic heterocycles. The van der Waals surface area contributed by atoms with Crippen LogP contribution in [0.2, 0.25) is 5.02 Å². The fourth-order valence-corrected chi connectivity index (χ4v) is 6.11. The number of hydrogen-bond acceptors (Lipinski definition) is 4. The maximum atomic E-state index is 13.4. The molecule has 0 N–H and O–H groups in total. The Hall–Kier alpha value is -2.31. The van der Waals surface area contributed by atoms with Gasteiger partial charge in [0.2, 0.25) is 5.91 Å². The predicted octanol–water partition coefficient (Wildman–Crippen LogP) is 4.46. The molecule has 1 aromatic heterocycles. The fraction of sp³-hybridized carbons (Fsp3) is 0.348. The molecular formula is C23H24ClNO4S. The maximum Gasteiger partial charge on any atom is 0.227 e. The zero-order valence-electron chi connectivity index (χ0n) is 17.0. The van der Waals surface area contributed by atoms with Crippen molar-refractivity contribution >= 4 is 38.3 Å². The summed E-state index contributed by atoms with van der Waals surface area (Å²) in [5.41, 5.74) is 4.68. The van der Waals surface area contributed by atoms with Gasteiger partial charge >= 0.3 is 0 Å². The number of amides is 1. The minimum atomic E-state index is -3.11. The minimum absolute atomic E-state index is 0.0106. The molecule has 1 atom stereocenters. The first-order chi connectivity index (χ1) is 14.2. The van der Waals surface area contributed by atoms with E-state index in [0.29, 0.717) is 18.0 Å². The van der Waals surface area contributed by atoms with Crippen LogP contribution in [0.25, 0.3) is 11.0 Å². The highest BCUT2D eigenvalue weighted by Crippen LogP contribution is 2.28. The van der Waals surface area contributed by atoms with Gasteiger partial charge in [0.1, 0.15) is 5.58 Å². The number of aryl methyl sites for hydroxylation is 2. The number of hydrogen-bond donors (Lipinski definition) is 0. The molecule has 0 spiro atoms. The normalized spacial score (nSPS) is 18.0. The van der Waals surface area contributed by atoms with E-state index in [-0.39, 0.29) is 29.9 Å². The van der Waals surface area contributed by atoms with Crippen LogP contribution < -0.4 is 0 Å². The van der Waals surface area contributed by atoms with E-state index in [0.717, 1.165) is 33.2 Å². The molecule has 5 nitrogen and oxygen atoms in total. The molecule has 1 saturated heterocycles. The number of halogens is 1. The smallest absolute Gasteiger partial charge is 0.227 e. The average molecular weight is 446 g/mol. The van der Waals surface area contributed by atoms with Crippen LogP contribution in [0.4, 0.5) is 0 Å². The molecule has 30 heavy (non-hydrogen) atoms. The number of fused-ring (bicyclic) bond motifs is 1. The summed E-state index contributed by atoms with van der Waals surface area (Å²) >= 11 is 5.98. The Morgan fingerprint density at radius 2 is 1.93 bits per heavy atom. The molecule has 7 heteroatoms. The molecule has 0 bridgehead atoms. The van der Waals surface area contributed by atoms with Crippen molar-refractivity contribution in [1.82, 2.24) is 4.90 Å². The molecule has 1 fully saturated rings. The second-order valence-corrected chi connectivity index (χ2v) is 10.8. The number of nitrogens with zero attached hydrogens (tertiary/aromatic N) is 1. The van der Waals surface area contributed by atoms with Crippen LogP contribution in [0.15, 0.2) is 47.1 Å². The number of carbonyl (C=O) groups is 1. The van der Waals surface area contributed by atoms with Gasteiger partial charge in [-0.3, -0.25) is 4.79 Å². The summed E-state index contributed by atoms with van der Waals surface area (Å²) in [6, 6.07) is 11.0. The molecule has 2 aromatic carbocycles. The SMILES string of the molecule is Cc1cc(C)c2c(CC(=O)N(Cc3ccc(Cl)cc3)[C@H]3CCS(=O)(=O)C3)coc2c1. The van der Waals surface area contributed by atoms with Crippen LogP contribution in [0.5, 0.6) is 0 Å². The summed E-state index contributed by atoms with van der Waals surface area (Å²) in [4.78, 5) is 15.1. The lowest BCUT2D eigenvalue weighted by Crippen LogP contribution is -2.41. The van der Waals surface area contributed by atoms with Crippen molar-refractivity contribution in [2.24, 2.45) is 0 Å². The van der Waals surface area contributed by atoms with Crippen molar-refractivity contribution in [3.8, 4) is 0 Å². The molecule has 0 aliphatic carbocycles. The third-order valence-corrected chi connectivity index (χ3v) is 7.67. The van der Waals surface area contributed by atoms with Gasteiger partial charge in [0.05, 0.1) is 24.2 Å². The zero-order chi connectivity index (χ0) is 21.5. The highest BCUT2D eigenvalue weighted by molar-refractivity contribution is 7.91. The third kappa shape index (κ3) is 4.40. The fourth-order valence-electron chi connectivity index (χ4n) is 4.25. The van der Waals surface area contributed by atoms with Gasteiger partial charge in [0.25, 0.3) is 0 Å². The van der Waals surface area contributed by atoms with Crippen molar-refractivity contribution in [3.05, 3.63) is 69.9 Å². The molecule has 1 amide bonds. The van der Waals surface area contributed by atoms with Crippen LogP contribution in [0.1, 0.15) is 28.7 Å². The lowest BCUT2D eigenvalue weighted by Gasteiger charge is -2.28. The van der Waals surface area contributed by atoms with E-state index in [1.807, 2.05) is 32.0 Å². The van der Waals surface area contributed by atoms with Crippen molar-refractivity contribution in [2.75, 3.05) is 11.5 Å². The quantitative estimate of drug-likeness (QED) is 0.581. The molecule has 4 rings (SSSR count). The van der Waals surface area contributed by atoms with Gasteiger partial charge in [0, 0.05) is 28.6 Å². The third-order valence-electron chi connectivity index (χ3n) is 5.67. The first kappa shape index (κ1) is 20.9. The highest BCUT2D eigenvalue weighted by Gasteiger charge is 2.35. The first-order valence-electron chi connectivity index (χ1n) is 9.93. The summed E-state index contributed by atoms with van der Waals surface area (Å²) in [5.74, 6) is 0.0286. The molecule has 1 aliphatic rings. The Morgan fingerprint density at radius 1 is 1.20 bits per heavy atom. The molecule has 0 saturated carbocycles. The number of sulfone groups is 1. The highest BCUT2D eigenvalue weighted by atomic mass is 35.5. The maximum absolute atomic E-state index is 13.4. The van der Waals surface area contributed by atoms with Crippen molar-refractivity contribution in [3.63, 3.8) is 0 Å². The summed E-state index contributed by atoms with van der Waals surface area (Å²) in [6.45, 7) is 4.37. The summed E-state index contributed by atoms with van der Waals surface area (Å²) in [6.07, 6.45) is 2.27. The van der Waals surface area contributed by atoms with Crippen molar-refractivity contribution in [2.45, 2.75) is 39.3 Å². The van der Waals surface area contributed by atoms with Gasteiger partial charge < -0.3 is 9.32 Å². The van der Waals surface area contributed by atoms with Crippen LogP contribution in [-0.2, 0) is 27.6 Å². The first-order valence-corrected chi connectivity index (χ1v) is 12.1. The Labute approximate surface area is 181 Å². The number of furan rings is 1. The van der Waals surface area contributed by atoms with E-state index in [1.54, 1.807) is 23.3 Å². The molecule has 158 valence electrons. The van der Waals surface area contributed by atoms with Crippen LogP contribution in [-0.4, -0.2) is 36.8 Å². The van der Waals surface area contributed by atoms with E-state index >= 15 is 0 Å². The Balaban J connectivity index is 1.63. The van der Waals surface area contributed by atoms with Gasteiger partial charge in [-0.1, -0.05) is 29.8 Å². The van der Waals surface area contributed by atoms with Crippen LogP contribution in [0.3, 0.4) is 0 Å². The number of rotatable bonds is 5. The molecule has 2 heterocycles.